The fourth-order valence-electron chi connectivity index (χ4n) is 5.68. The van der Waals surface area contributed by atoms with Gasteiger partial charge >= 0.3 is 5.97 Å². The molecule has 0 radical (unpaired) electrons. The topological polar surface area (TPSA) is 64.6 Å². The summed E-state index contributed by atoms with van der Waals surface area (Å²) in [6.45, 7) is 0. The van der Waals surface area contributed by atoms with Crippen LogP contribution in [-0.4, -0.2) is 18.0 Å². The Morgan fingerprint density at radius 2 is 1.50 bits per heavy atom. The highest BCUT2D eigenvalue weighted by Crippen LogP contribution is 2.57. The third kappa shape index (κ3) is 3.25. The number of carbonyl (C=O) groups is 2. The van der Waals surface area contributed by atoms with Crippen molar-refractivity contribution in [2.75, 3.05) is 5.32 Å². The Hall–Kier alpha value is -3.60. The van der Waals surface area contributed by atoms with E-state index >= 15 is 0 Å². The van der Waals surface area contributed by atoms with E-state index in [0.29, 0.717) is 11.4 Å². The minimum absolute atomic E-state index is 0.0414. The Bertz CT molecular complexity index is 1150. The lowest BCUT2D eigenvalue weighted by atomic mass is 9.79. The van der Waals surface area contributed by atoms with Crippen molar-refractivity contribution in [1.29, 1.82) is 0 Å². The van der Waals surface area contributed by atoms with Crippen LogP contribution >= 0.6 is 0 Å². The third-order valence-electron chi connectivity index (χ3n) is 7.10. The van der Waals surface area contributed by atoms with Crippen molar-refractivity contribution in [2.45, 2.75) is 18.9 Å². The standard InChI is InChI=1S/C27H23NO4/c29-26(24-18-14-22-23(15-18)32-27(30)25(22)24)28-19-8-12-21(13-9-19)31-20-10-6-17(7-11-20)16-4-2-1-3-5-16/h1-13,18,22-25H,14-15H2,(H,28,29)/t18-,22+,23-,24-,25+/m1/s1. The van der Waals surface area contributed by atoms with Gasteiger partial charge in [0.25, 0.3) is 0 Å². The van der Waals surface area contributed by atoms with Gasteiger partial charge in [0.1, 0.15) is 17.6 Å². The van der Waals surface area contributed by atoms with Gasteiger partial charge in [-0.2, -0.15) is 0 Å². The van der Waals surface area contributed by atoms with Crippen molar-refractivity contribution in [1.82, 2.24) is 0 Å². The van der Waals surface area contributed by atoms with E-state index in [1.54, 1.807) is 0 Å². The van der Waals surface area contributed by atoms with Gasteiger partial charge in [0.05, 0.1) is 11.8 Å². The minimum Gasteiger partial charge on any atom is -0.462 e. The van der Waals surface area contributed by atoms with E-state index < -0.39 is 0 Å². The Balaban J connectivity index is 1.10. The van der Waals surface area contributed by atoms with Crippen LogP contribution in [0.15, 0.2) is 78.9 Å². The van der Waals surface area contributed by atoms with E-state index in [2.05, 4.69) is 17.4 Å². The molecule has 3 fully saturated rings. The zero-order valence-corrected chi connectivity index (χ0v) is 17.4. The molecule has 3 aromatic carbocycles. The van der Waals surface area contributed by atoms with Crippen LogP contribution in [-0.2, 0) is 14.3 Å². The predicted molar refractivity (Wildman–Crippen MR) is 120 cm³/mol. The first-order valence-corrected chi connectivity index (χ1v) is 11.1. The molecular weight excluding hydrogens is 402 g/mol. The Kier molecular flexibility index (Phi) is 4.49. The zero-order valence-electron chi connectivity index (χ0n) is 17.4. The summed E-state index contributed by atoms with van der Waals surface area (Å²) in [7, 11) is 0. The molecule has 2 bridgehead atoms. The Labute approximate surface area is 186 Å². The molecule has 6 rings (SSSR count). The first kappa shape index (κ1) is 19.1. The fraction of sp³-hybridized carbons (Fsp3) is 0.259. The first-order valence-electron chi connectivity index (χ1n) is 11.1. The van der Waals surface area contributed by atoms with Crippen LogP contribution in [0.4, 0.5) is 5.69 Å². The highest BCUT2D eigenvalue weighted by Gasteiger charge is 2.63. The number of benzene rings is 3. The van der Waals surface area contributed by atoms with Crippen LogP contribution in [0.2, 0.25) is 0 Å². The molecule has 1 aliphatic heterocycles. The van der Waals surface area contributed by atoms with Crippen molar-refractivity contribution in [2.24, 2.45) is 23.7 Å². The number of esters is 1. The van der Waals surface area contributed by atoms with Crippen LogP contribution in [0.3, 0.4) is 0 Å². The summed E-state index contributed by atoms with van der Waals surface area (Å²) in [4.78, 5) is 25.1. The zero-order chi connectivity index (χ0) is 21.7. The molecule has 5 heteroatoms. The Morgan fingerprint density at radius 3 is 2.22 bits per heavy atom. The lowest BCUT2D eigenvalue weighted by Gasteiger charge is -2.23. The summed E-state index contributed by atoms with van der Waals surface area (Å²) >= 11 is 0. The maximum Gasteiger partial charge on any atom is 0.310 e. The molecular formula is C27H23NO4. The second kappa shape index (κ2) is 7.52. The average Bonchev–Trinajstić information content (AvgIpc) is 3.45. The van der Waals surface area contributed by atoms with E-state index in [4.69, 9.17) is 9.47 Å². The van der Waals surface area contributed by atoms with Crippen molar-refractivity contribution in [3.63, 3.8) is 0 Å². The average molecular weight is 425 g/mol. The summed E-state index contributed by atoms with van der Waals surface area (Å²) < 4.78 is 11.4. The van der Waals surface area contributed by atoms with Gasteiger partial charge in [0, 0.05) is 11.6 Å². The summed E-state index contributed by atoms with van der Waals surface area (Å²) in [5.41, 5.74) is 3.00. The fourth-order valence-corrected chi connectivity index (χ4v) is 5.68. The first-order chi connectivity index (χ1) is 15.7. The molecule has 160 valence electrons. The van der Waals surface area contributed by atoms with Crippen LogP contribution in [0.1, 0.15) is 12.8 Å². The Morgan fingerprint density at radius 1 is 0.844 bits per heavy atom. The molecule has 1 saturated heterocycles. The quantitative estimate of drug-likeness (QED) is 0.565. The van der Waals surface area contributed by atoms with Gasteiger partial charge in [-0.05, 0) is 66.3 Å². The molecule has 0 spiro atoms. The molecule has 1 N–H and O–H groups in total. The molecule has 2 aliphatic carbocycles. The number of fused-ring (bicyclic) bond motifs is 1. The monoisotopic (exact) mass is 425 g/mol. The van der Waals surface area contributed by atoms with Gasteiger partial charge in [0.15, 0.2) is 0 Å². The number of anilines is 1. The van der Waals surface area contributed by atoms with E-state index in [-0.39, 0.29) is 41.7 Å². The number of rotatable bonds is 5. The summed E-state index contributed by atoms with van der Waals surface area (Å²) in [5, 5.41) is 2.99. The molecule has 0 aromatic heterocycles. The largest absolute Gasteiger partial charge is 0.462 e. The van der Waals surface area contributed by atoms with Crippen LogP contribution < -0.4 is 10.1 Å². The van der Waals surface area contributed by atoms with E-state index in [1.807, 2.05) is 66.7 Å². The van der Waals surface area contributed by atoms with Crippen molar-refractivity contribution >= 4 is 17.6 Å². The molecule has 3 aromatic rings. The third-order valence-corrected chi connectivity index (χ3v) is 7.10. The number of hydrogen-bond acceptors (Lipinski definition) is 4. The van der Waals surface area contributed by atoms with Crippen molar-refractivity contribution < 1.29 is 19.1 Å². The van der Waals surface area contributed by atoms with Gasteiger partial charge in [-0.3, -0.25) is 9.59 Å². The summed E-state index contributed by atoms with van der Waals surface area (Å²) in [6.07, 6.45) is 1.79. The van der Waals surface area contributed by atoms with Crippen LogP contribution in [0, 0.1) is 23.7 Å². The molecule has 0 unspecified atom stereocenters. The number of hydrogen-bond donors (Lipinski definition) is 1. The molecule has 2 saturated carbocycles. The lowest BCUT2D eigenvalue weighted by Crippen LogP contribution is -2.35. The number of carbonyl (C=O) groups excluding carboxylic acids is 2. The molecule has 1 heterocycles. The number of ether oxygens (including phenoxy) is 2. The molecule has 5 atom stereocenters. The van der Waals surface area contributed by atoms with Crippen LogP contribution in [0.5, 0.6) is 11.5 Å². The maximum absolute atomic E-state index is 12.9. The predicted octanol–water partition coefficient (Wildman–Crippen LogP) is 5.28. The van der Waals surface area contributed by atoms with Gasteiger partial charge in [-0.15, -0.1) is 0 Å². The lowest BCUT2D eigenvalue weighted by molar-refractivity contribution is -0.145. The van der Waals surface area contributed by atoms with Crippen molar-refractivity contribution in [3.05, 3.63) is 78.9 Å². The normalized spacial score (nSPS) is 27.2. The van der Waals surface area contributed by atoms with Gasteiger partial charge in [-0.25, -0.2) is 0 Å². The highest BCUT2D eigenvalue weighted by molar-refractivity contribution is 5.97. The number of nitrogens with one attached hydrogen (secondary N) is 1. The van der Waals surface area contributed by atoms with Crippen molar-refractivity contribution in [3.8, 4) is 22.6 Å². The van der Waals surface area contributed by atoms with E-state index in [9.17, 15) is 9.59 Å². The highest BCUT2D eigenvalue weighted by atomic mass is 16.6. The van der Waals surface area contributed by atoms with Crippen LogP contribution in [0.25, 0.3) is 11.1 Å². The molecule has 5 nitrogen and oxygen atoms in total. The maximum atomic E-state index is 12.9. The van der Waals surface area contributed by atoms with Gasteiger partial charge in [0.2, 0.25) is 5.91 Å². The number of amides is 1. The van der Waals surface area contributed by atoms with Gasteiger partial charge in [-0.1, -0.05) is 42.5 Å². The van der Waals surface area contributed by atoms with E-state index in [1.165, 1.54) is 0 Å². The molecule has 1 amide bonds. The second-order valence-electron chi connectivity index (χ2n) is 8.93. The summed E-state index contributed by atoms with van der Waals surface area (Å²) in [5.74, 6) is 1.11. The minimum atomic E-state index is -0.273. The van der Waals surface area contributed by atoms with E-state index in [0.717, 1.165) is 29.7 Å². The van der Waals surface area contributed by atoms with Gasteiger partial charge < -0.3 is 14.8 Å². The summed E-state index contributed by atoms with van der Waals surface area (Å²) in [6, 6.07) is 25.5. The molecule has 32 heavy (non-hydrogen) atoms. The smallest absolute Gasteiger partial charge is 0.310 e. The SMILES string of the molecule is O=C(Nc1ccc(Oc2ccc(-c3ccccc3)cc2)cc1)[C@@H]1[C@@H]2C[C@@H]3[C@@H]1C(=O)O[C@@H]3C2. The second-order valence-corrected chi connectivity index (χ2v) is 8.93. The molecule has 3 aliphatic rings.